The highest BCUT2D eigenvalue weighted by Gasteiger charge is 2.10. The summed E-state index contributed by atoms with van der Waals surface area (Å²) in [5.41, 5.74) is 3.82. The van der Waals surface area contributed by atoms with Crippen LogP contribution in [0, 0.1) is 0 Å². The molecule has 0 aliphatic carbocycles. The van der Waals surface area contributed by atoms with Crippen LogP contribution < -0.4 is 5.32 Å². The second kappa shape index (κ2) is 7.44. The molecule has 0 atom stereocenters. The first-order valence-corrected chi connectivity index (χ1v) is 7.98. The van der Waals surface area contributed by atoms with E-state index >= 15 is 0 Å². The second-order valence-corrected chi connectivity index (χ2v) is 5.31. The number of rotatable bonds is 8. The van der Waals surface area contributed by atoms with Crippen LogP contribution in [0.25, 0.3) is 11.0 Å². The molecule has 1 heterocycles. The zero-order valence-corrected chi connectivity index (χ0v) is 13.1. The lowest BCUT2D eigenvalue weighted by molar-refractivity contribution is 0.600. The number of hydrogen-bond donors (Lipinski definition) is 1. The number of nitrogens with zero attached hydrogens (tertiary/aromatic N) is 2. The molecule has 0 unspecified atom stereocenters. The Kier molecular flexibility index (Phi) is 5.60. The van der Waals surface area contributed by atoms with E-state index in [1.165, 1.54) is 29.7 Å². The highest BCUT2D eigenvalue weighted by molar-refractivity contribution is 5.77. The molecule has 1 aromatic heterocycles. The molecular weight excluding hydrogens is 246 g/mol. The zero-order chi connectivity index (χ0) is 14.4. The number of likely N-dealkylation sites (N-methyl/N-ethyl adjacent to an activating group) is 1. The highest BCUT2D eigenvalue weighted by Crippen LogP contribution is 2.19. The third-order valence-corrected chi connectivity index (χ3v) is 3.81. The molecule has 0 fully saturated rings. The molecule has 110 valence electrons. The zero-order valence-electron chi connectivity index (χ0n) is 13.1. The van der Waals surface area contributed by atoms with Crippen LogP contribution in [-0.2, 0) is 19.4 Å². The van der Waals surface area contributed by atoms with Gasteiger partial charge in [-0.2, -0.15) is 0 Å². The van der Waals surface area contributed by atoms with Gasteiger partial charge >= 0.3 is 0 Å². The van der Waals surface area contributed by atoms with Gasteiger partial charge in [-0.3, -0.25) is 0 Å². The van der Waals surface area contributed by atoms with Gasteiger partial charge in [-0.1, -0.05) is 33.3 Å². The van der Waals surface area contributed by atoms with Crippen molar-refractivity contribution in [3.8, 4) is 0 Å². The van der Waals surface area contributed by atoms with Gasteiger partial charge in [-0.15, -0.1) is 0 Å². The predicted molar refractivity (Wildman–Crippen MR) is 86.3 cm³/mol. The van der Waals surface area contributed by atoms with Crippen LogP contribution >= 0.6 is 0 Å². The van der Waals surface area contributed by atoms with Crippen molar-refractivity contribution in [2.45, 2.75) is 53.0 Å². The predicted octanol–water partition coefficient (Wildman–Crippen LogP) is 3.55. The Balaban J connectivity index is 2.31. The van der Waals surface area contributed by atoms with E-state index in [0.717, 1.165) is 38.0 Å². The van der Waals surface area contributed by atoms with Crippen LogP contribution in [0.15, 0.2) is 18.2 Å². The largest absolute Gasteiger partial charge is 0.328 e. The Labute approximate surface area is 122 Å². The minimum atomic E-state index is 1.01. The van der Waals surface area contributed by atoms with Crippen molar-refractivity contribution in [3.05, 3.63) is 29.6 Å². The van der Waals surface area contributed by atoms with Gasteiger partial charge < -0.3 is 9.88 Å². The van der Waals surface area contributed by atoms with Crippen molar-refractivity contribution in [1.82, 2.24) is 14.9 Å². The number of unbranched alkanes of at least 4 members (excludes halogenated alkanes) is 1. The van der Waals surface area contributed by atoms with Crippen molar-refractivity contribution >= 4 is 11.0 Å². The second-order valence-electron chi connectivity index (χ2n) is 5.31. The van der Waals surface area contributed by atoms with E-state index in [1.807, 2.05) is 0 Å². The third-order valence-electron chi connectivity index (χ3n) is 3.81. The lowest BCUT2D eigenvalue weighted by Crippen LogP contribution is -2.18. The third kappa shape index (κ3) is 3.40. The SMILES string of the molecule is CCCCn1c(CCNCC)nc2cc(CC)ccc21. The summed E-state index contributed by atoms with van der Waals surface area (Å²) in [5, 5.41) is 3.39. The lowest BCUT2D eigenvalue weighted by atomic mass is 10.1. The first kappa shape index (κ1) is 15.0. The molecule has 0 bridgehead atoms. The van der Waals surface area contributed by atoms with Crippen LogP contribution in [0.5, 0.6) is 0 Å². The van der Waals surface area contributed by atoms with Gasteiger partial charge in [-0.05, 0) is 37.1 Å². The average Bonchev–Trinajstić information content (AvgIpc) is 2.82. The molecular formula is C17H27N3. The maximum Gasteiger partial charge on any atom is 0.111 e. The lowest BCUT2D eigenvalue weighted by Gasteiger charge is -2.09. The fourth-order valence-electron chi connectivity index (χ4n) is 2.58. The van der Waals surface area contributed by atoms with Crippen molar-refractivity contribution in [2.24, 2.45) is 0 Å². The van der Waals surface area contributed by atoms with E-state index in [2.05, 4.69) is 48.9 Å². The number of aryl methyl sites for hydroxylation is 2. The van der Waals surface area contributed by atoms with Crippen LogP contribution in [0.1, 0.15) is 45.0 Å². The molecule has 0 radical (unpaired) electrons. The Morgan fingerprint density at radius 3 is 2.75 bits per heavy atom. The molecule has 0 saturated heterocycles. The first-order chi connectivity index (χ1) is 9.80. The van der Waals surface area contributed by atoms with Crippen LogP contribution in [-0.4, -0.2) is 22.6 Å². The smallest absolute Gasteiger partial charge is 0.111 e. The van der Waals surface area contributed by atoms with Gasteiger partial charge in [0.1, 0.15) is 5.82 Å². The summed E-state index contributed by atoms with van der Waals surface area (Å²) in [4.78, 5) is 4.87. The summed E-state index contributed by atoms with van der Waals surface area (Å²) in [6, 6.07) is 6.72. The van der Waals surface area contributed by atoms with Gasteiger partial charge in [0.2, 0.25) is 0 Å². The number of hydrogen-bond acceptors (Lipinski definition) is 2. The van der Waals surface area contributed by atoms with Crippen LogP contribution in [0.4, 0.5) is 0 Å². The van der Waals surface area contributed by atoms with Crippen LogP contribution in [0.3, 0.4) is 0 Å². The molecule has 0 aliphatic heterocycles. The number of nitrogens with one attached hydrogen (secondary N) is 1. The molecule has 2 aromatic rings. The topological polar surface area (TPSA) is 29.9 Å². The Hall–Kier alpha value is -1.35. The van der Waals surface area contributed by atoms with Gasteiger partial charge in [0.05, 0.1) is 11.0 Å². The molecule has 1 aromatic carbocycles. The molecule has 0 aliphatic rings. The van der Waals surface area contributed by atoms with Gasteiger partial charge in [0.25, 0.3) is 0 Å². The summed E-state index contributed by atoms with van der Waals surface area (Å²) < 4.78 is 2.41. The molecule has 2 rings (SSSR count). The number of aromatic nitrogens is 2. The summed E-state index contributed by atoms with van der Waals surface area (Å²) in [7, 11) is 0. The summed E-state index contributed by atoms with van der Waals surface area (Å²) in [6.07, 6.45) is 4.52. The molecule has 1 N–H and O–H groups in total. The van der Waals surface area contributed by atoms with Gasteiger partial charge in [0.15, 0.2) is 0 Å². The van der Waals surface area contributed by atoms with Crippen molar-refractivity contribution in [2.75, 3.05) is 13.1 Å². The Morgan fingerprint density at radius 2 is 2.05 bits per heavy atom. The molecule has 0 spiro atoms. The number of benzene rings is 1. The van der Waals surface area contributed by atoms with Crippen molar-refractivity contribution < 1.29 is 0 Å². The summed E-state index contributed by atoms with van der Waals surface area (Å²) in [6.45, 7) is 9.70. The minimum Gasteiger partial charge on any atom is -0.328 e. The quantitative estimate of drug-likeness (QED) is 0.745. The monoisotopic (exact) mass is 273 g/mol. The molecule has 20 heavy (non-hydrogen) atoms. The maximum atomic E-state index is 4.87. The van der Waals surface area contributed by atoms with E-state index in [4.69, 9.17) is 4.98 Å². The minimum absolute atomic E-state index is 1.01. The van der Waals surface area contributed by atoms with E-state index in [-0.39, 0.29) is 0 Å². The van der Waals surface area contributed by atoms with Crippen LogP contribution in [0.2, 0.25) is 0 Å². The van der Waals surface area contributed by atoms with E-state index in [1.54, 1.807) is 0 Å². The Bertz CT molecular complexity index is 542. The molecule has 3 heteroatoms. The van der Waals surface area contributed by atoms with E-state index in [0.29, 0.717) is 0 Å². The summed E-state index contributed by atoms with van der Waals surface area (Å²) >= 11 is 0. The van der Waals surface area contributed by atoms with E-state index in [9.17, 15) is 0 Å². The highest BCUT2D eigenvalue weighted by atomic mass is 15.1. The van der Waals surface area contributed by atoms with Crippen molar-refractivity contribution in [1.29, 1.82) is 0 Å². The first-order valence-electron chi connectivity index (χ1n) is 7.98. The van der Waals surface area contributed by atoms with Gasteiger partial charge in [0, 0.05) is 19.5 Å². The van der Waals surface area contributed by atoms with E-state index < -0.39 is 0 Å². The Morgan fingerprint density at radius 1 is 1.20 bits per heavy atom. The fraction of sp³-hybridized carbons (Fsp3) is 0.588. The maximum absolute atomic E-state index is 4.87. The fourth-order valence-corrected chi connectivity index (χ4v) is 2.58. The molecule has 0 amide bonds. The van der Waals surface area contributed by atoms with Gasteiger partial charge in [-0.25, -0.2) is 4.98 Å². The number of imidazole rings is 1. The average molecular weight is 273 g/mol. The summed E-state index contributed by atoms with van der Waals surface area (Å²) in [5.74, 6) is 1.22. The van der Waals surface area contributed by atoms with Crippen molar-refractivity contribution in [3.63, 3.8) is 0 Å². The molecule has 3 nitrogen and oxygen atoms in total. The number of fused-ring (bicyclic) bond motifs is 1. The standard InChI is InChI=1S/C17H27N3/c1-4-7-12-20-16-9-8-14(5-2)13-15(16)19-17(20)10-11-18-6-3/h8-9,13,18H,4-7,10-12H2,1-3H3. The molecule has 0 saturated carbocycles. The normalized spacial score (nSPS) is 11.3.